The number of carbonyl (C=O) groups is 1. The van der Waals surface area contributed by atoms with Gasteiger partial charge in [-0.05, 0) is 49.9 Å². The summed E-state index contributed by atoms with van der Waals surface area (Å²) in [5, 5.41) is 7.31. The van der Waals surface area contributed by atoms with Crippen LogP contribution in [0.25, 0.3) is 0 Å². The highest BCUT2D eigenvalue weighted by Gasteiger charge is 2.32. The fourth-order valence-corrected chi connectivity index (χ4v) is 3.33. The molecule has 4 rings (SSSR count). The van der Waals surface area contributed by atoms with Gasteiger partial charge < -0.3 is 9.64 Å². The Bertz CT molecular complexity index is 807. The molecule has 1 N–H and O–H groups in total. The van der Waals surface area contributed by atoms with Crippen LogP contribution in [-0.4, -0.2) is 45.4 Å². The molecule has 6 nitrogen and oxygen atoms in total. The monoisotopic (exact) mass is 380 g/mol. The number of rotatable bonds is 4. The van der Waals surface area contributed by atoms with Gasteiger partial charge in [-0.2, -0.15) is 5.10 Å². The molecule has 2 aromatic rings. The standard InChI is InChI=1S/C18H19F3N4O2/c19-18(20,21)27-14-5-3-13(4-6-14)17(26)25-9-7-12(8-10-25)16-22-15(23-24-16)11-1-2-11/h3-6,11-12H,1-2,7-10H2,(H,22,23,24). The summed E-state index contributed by atoms with van der Waals surface area (Å²) in [5.41, 5.74) is 0.346. The summed E-state index contributed by atoms with van der Waals surface area (Å²) in [6.07, 6.45) is -0.887. The number of H-pyrrole nitrogens is 1. The van der Waals surface area contributed by atoms with Crippen LogP contribution in [0.4, 0.5) is 13.2 Å². The Morgan fingerprint density at radius 1 is 1.07 bits per heavy atom. The van der Waals surface area contributed by atoms with E-state index in [0.717, 1.165) is 49.5 Å². The molecule has 2 heterocycles. The van der Waals surface area contributed by atoms with Gasteiger partial charge in [-0.1, -0.05) is 0 Å². The predicted molar refractivity (Wildman–Crippen MR) is 89.4 cm³/mol. The van der Waals surface area contributed by atoms with E-state index >= 15 is 0 Å². The van der Waals surface area contributed by atoms with E-state index in [0.29, 0.717) is 24.6 Å². The number of likely N-dealkylation sites (tertiary alicyclic amines) is 1. The molecule has 0 radical (unpaired) electrons. The molecule has 2 aliphatic rings. The number of aromatic nitrogens is 3. The highest BCUT2D eigenvalue weighted by Crippen LogP contribution is 2.38. The van der Waals surface area contributed by atoms with Gasteiger partial charge in [0, 0.05) is 30.5 Å². The highest BCUT2D eigenvalue weighted by molar-refractivity contribution is 5.94. The Labute approximate surface area is 153 Å². The molecule has 1 aliphatic carbocycles. The second-order valence-electron chi connectivity index (χ2n) is 6.99. The molecule has 0 spiro atoms. The second-order valence-corrected chi connectivity index (χ2v) is 6.99. The average molecular weight is 380 g/mol. The van der Waals surface area contributed by atoms with Crippen molar-refractivity contribution >= 4 is 5.91 Å². The zero-order valence-corrected chi connectivity index (χ0v) is 14.5. The van der Waals surface area contributed by atoms with E-state index in [-0.39, 0.29) is 17.6 Å². The van der Waals surface area contributed by atoms with Crippen LogP contribution in [0.15, 0.2) is 24.3 Å². The summed E-state index contributed by atoms with van der Waals surface area (Å²) >= 11 is 0. The minimum Gasteiger partial charge on any atom is -0.406 e. The third-order valence-electron chi connectivity index (χ3n) is 4.97. The molecule has 1 saturated carbocycles. The van der Waals surface area contributed by atoms with Crippen LogP contribution in [-0.2, 0) is 0 Å². The summed E-state index contributed by atoms with van der Waals surface area (Å²) in [4.78, 5) is 18.9. The number of hydrogen-bond acceptors (Lipinski definition) is 4. The molecule has 1 aliphatic heterocycles. The van der Waals surface area contributed by atoms with Gasteiger partial charge in [0.25, 0.3) is 5.91 Å². The zero-order valence-electron chi connectivity index (χ0n) is 14.5. The van der Waals surface area contributed by atoms with Crippen molar-refractivity contribution in [2.75, 3.05) is 13.1 Å². The van der Waals surface area contributed by atoms with E-state index in [1.807, 2.05) is 0 Å². The van der Waals surface area contributed by atoms with Crippen LogP contribution in [0.1, 0.15) is 59.5 Å². The van der Waals surface area contributed by atoms with E-state index in [4.69, 9.17) is 0 Å². The topological polar surface area (TPSA) is 71.1 Å². The van der Waals surface area contributed by atoms with Crippen molar-refractivity contribution in [3.05, 3.63) is 41.5 Å². The van der Waals surface area contributed by atoms with E-state index in [1.54, 1.807) is 4.90 Å². The molecule has 0 atom stereocenters. The van der Waals surface area contributed by atoms with Crippen LogP contribution >= 0.6 is 0 Å². The number of aromatic amines is 1. The fraction of sp³-hybridized carbons (Fsp3) is 0.500. The largest absolute Gasteiger partial charge is 0.573 e. The van der Waals surface area contributed by atoms with E-state index in [1.165, 1.54) is 12.1 Å². The number of nitrogens with one attached hydrogen (secondary N) is 1. The molecule has 9 heteroatoms. The fourth-order valence-electron chi connectivity index (χ4n) is 3.33. The Hall–Kier alpha value is -2.58. The number of hydrogen-bond donors (Lipinski definition) is 1. The smallest absolute Gasteiger partial charge is 0.406 e. The van der Waals surface area contributed by atoms with E-state index < -0.39 is 6.36 Å². The zero-order chi connectivity index (χ0) is 19.0. The SMILES string of the molecule is O=C(c1ccc(OC(F)(F)F)cc1)N1CCC(c2nc(C3CC3)n[nH]2)CC1. The average Bonchev–Trinajstić information content (AvgIpc) is 3.38. The molecule has 2 fully saturated rings. The van der Waals surface area contributed by atoms with Crippen molar-refractivity contribution in [3.8, 4) is 5.75 Å². The van der Waals surface area contributed by atoms with Crippen LogP contribution in [0.2, 0.25) is 0 Å². The number of amides is 1. The minimum atomic E-state index is -4.74. The first-order valence-electron chi connectivity index (χ1n) is 8.96. The number of ether oxygens (including phenoxy) is 1. The number of piperidine rings is 1. The van der Waals surface area contributed by atoms with Crippen molar-refractivity contribution in [3.63, 3.8) is 0 Å². The third kappa shape index (κ3) is 4.23. The summed E-state index contributed by atoms with van der Waals surface area (Å²) in [6.45, 7) is 1.15. The van der Waals surface area contributed by atoms with Gasteiger partial charge in [-0.25, -0.2) is 4.98 Å². The summed E-state index contributed by atoms with van der Waals surface area (Å²) in [6, 6.07) is 5.02. The van der Waals surface area contributed by atoms with Crippen LogP contribution in [0.5, 0.6) is 5.75 Å². The normalized spacial score (nSPS) is 18.6. The van der Waals surface area contributed by atoms with Crippen molar-refractivity contribution < 1.29 is 22.7 Å². The Kier molecular flexibility index (Phi) is 4.53. The molecule has 1 amide bonds. The van der Waals surface area contributed by atoms with Crippen LogP contribution in [0.3, 0.4) is 0 Å². The maximum absolute atomic E-state index is 12.6. The number of benzene rings is 1. The molecule has 0 unspecified atom stereocenters. The molecule has 1 saturated heterocycles. The molecule has 27 heavy (non-hydrogen) atoms. The third-order valence-corrected chi connectivity index (χ3v) is 4.97. The molecule has 0 bridgehead atoms. The molecular formula is C18H19F3N4O2. The van der Waals surface area contributed by atoms with Crippen molar-refractivity contribution in [2.45, 2.75) is 43.9 Å². The van der Waals surface area contributed by atoms with Gasteiger partial charge in [-0.15, -0.1) is 13.2 Å². The second kappa shape index (κ2) is 6.86. The molecule has 1 aromatic carbocycles. The number of alkyl halides is 3. The number of nitrogens with zero attached hydrogens (tertiary/aromatic N) is 3. The lowest BCUT2D eigenvalue weighted by Gasteiger charge is -2.31. The molecule has 144 valence electrons. The number of carbonyl (C=O) groups excluding carboxylic acids is 1. The molecule has 1 aromatic heterocycles. The van der Waals surface area contributed by atoms with Crippen molar-refractivity contribution in [1.82, 2.24) is 20.1 Å². The predicted octanol–water partition coefficient (Wildman–Crippen LogP) is 3.60. The van der Waals surface area contributed by atoms with Gasteiger partial charge in [-0.3, -0.25) is 9.89 Å². The molecular weight excluding hydrogens is 361 g/mol. The quantitative estimate of drug-likeness (QED) is 0.880. The Balaban J connectivity index is 1.33. The van der Waals surface area contributed by atoms with Gasteiger partial charge in [0.05, 0.1) is 0 Å². The summed E-state index contributed by atoms with van der Waals surface area (Å²) in [7, 11) is 0. The Morgan fingerprint density at radius 3 is 2.33 bits per heavy atom. The van der Waals surface area contributed by atoms with Crippen molar-refractivity contribution in [1.29, 1.82) is 0 Å². The minimum absolute atomic E-state index is 0.191. The van der Waals surface area contributed by atoms with Crippen molar-refractivity contribution in [2.24, 2.45) is 0 Å². The van der Waals surface area contributed by atoms with Crippen LogP contribution < -0.4 is 4.74 Å². The lowest BCUT2D eigenvalue weighted by molar-refractivity contribution is -0.274. The van der Waals surface area contributed by atoms with E-state index in [9.17, 15) is 18.0 Å². The lowest BCUT2D eigenvalue weighted by Crippen LogP contribution is -2.38. The van der Waals surface area contributed by atoms with Crippen LogP contribution in [0, 0.1) is 0 Å². The first-order chi connectivity index (χ1) is 12.9. The highest BCUT2D eigenvalue weighted by atomic mass is 19.4. The van der Waals surface area contributed by atoms with Gasteiger partial charge >= 0.3 is 6.36 Å². The van der Waals surface area contributed by atoms with Gasteiger partial charge in [0.1, 0.15) is 11.6 Å². The first kappa shape index (κ1) is 17.8. The maximum atomic E-state index is 12.6. The summed E-state index contributed by atoms with van der Waals surface area (Å²) in [5.74, 6) is 2.00. The van der Waals surface area contributed by atoms with Gasteiger partial charge in [0.2, 0.25) is 0 Å². The van der Waals surface area contributed by atoms with E-state index in [2.05, 4.69) is 19.9 Å². The summed E-state index contributed by atoms with van der Waals surface area (Å²) < 4.78 is 40.4. The number of halogens is 3. The maximum Gasteiger partial charge on any atom is 0.573 e. The first-order valence-corrected chi connectivity index (χ1v) is 8.96. The Morgan fingerprint density at radius 2 is 1.74 bits per heavy atom. The van der Waals surface area contributed by atoms with Gasteiger partial charge in [0.15, 0.2) is 5.82 Å². The lowest BCUT2D eigenvalue weighted by atomic mass is 9.95.